The average Bonchev–Trinajstić information content (AvgIpc) is 2.70. The molecule has 2 aromatic carbocycles. The summed E-state index contributed by atoms with van der Waals surface area (Å²) in [5.41, 5.74) is 11.0. The molecular weight excluding hydrogens is 360 g/mol. The van der Waals surface area contributed by atoms with Crippen molar-refractivity contribution < 1.29 is 19.5 Å². The van der Waals surface area contributed by atoms with Gasteiger partial charge in [0.15, 0.2) is 5.96 Å². The van der Waals surface area contributed by atoms with Crippen molar-refractivity contribution in [3.05, 3.63) is 71.8 Å². The SMILES string of the molecule is NC(N)=NCCC[C@@H](C(=O)O)N(C(=O)c1ccccc1)C(=O)c1ccccc1. The van der Waals surface area contributed by atoms with E-state index in [0.29, 0.717) is 0 Å². The van der Waals surface area contributed by atoms with Gasteiger partial charge < -0.3 is 16.6 Å². The lowest BCUT2D eigenvalue weighted by molar-refractivity contribution is -0.141. The van der Waals surface area contributed by atoms with Gasteiger partial charge in [-0.2, -0.15) is 0 Å². The second-order valence-electron chi connectivity index (χ2n) is 6.02. The van der Waals surface area contributed by atoms with E-state index in [2.05, 4.69) is 4.99 Å². The number of hydrogen-bond donors (Lipinski definition) is 3. The summed E-state index contributed by atoms with van der Waals surface area (Å²) in [6.07, 6.45) is 0.304. The summed E-state index contributed by atoms with van der Waals surface area (Å²) < 4.78 is 0. The summed E-state index contributed by atoms with van der Waals surface area (Å²) in [7, 11) is 0. The van der Waals surface area contributed by atoms with E-state index in [9.17, 15) is 19.5 Å². The number of nitrogens with zero attached hydrogens (tertiary/aromatic N) is 2. The number of aliphatic imine (C=N–C) groups is 1. The number of guanidine groups is 1. The number of hydrogen-bond acceptors (Lipinski definition) is 4. The number of carbonyl (C=O) groups is 3. The topological polar surface area (TPSA) is 139 Å². The fourth-order valence-electron chi connectivity index (χ4n) is 2.67. The maximum Gasteiger partial charge on any atom is 0.326 e. The molecule has 2 rings (SSSR count). The Balaban J connectivity index is 2.37. The molecule has 8 heteroatoms. The fourth-order valence-corrected chi connectivity index (χ4v) is 2.67. The molecule has 0 radical (unpaired) electrons. The molecule has 0 aliphatic heterocycles. The van der Waals surface area contributed by atoms with E-state index in [1.54, 1.807) is 36.4 Å². The Hall–Kier alpha value is -3.68. The molecule has 2 aromatic rings. The van der Waals surface area contributed by atoms with Crippen LogP contribution in [0.2, 0.25) is 0 Å². The first-order valence-electron chi connectivity index (χ1n) is 8.68. The summed E-state index contributed by atoms with van der Waals surface area (Å²) in [6, 6.07) is 14.8. The number of carboxylic acids is 1. The number of carbonyl (C=O) groups excluding carboxylic acids is 2. The van der Waals surface area contributed by atoms with E-state index in [-0.39, 0.29) is 36.5 Å². The van der Waals surface area contributed by atoms with Gasteiger partial charge in [0.1, 0.15) is 6.04 Å². The molecule has 0 unspecified atom stereocenters. The zero-order valence-electron chi connectivity index (χ0n) is 15.2. The highest BCUT2D eigenvalue weighted by Crippen LogP contribution is 2.17. The Bertz CT molecular complexity index is 798. The van der Waals surface area contributed by atoms with Crippen molar-refractivity contribution in [2.45, 2.75) is 18.9 Å². The van der Waals surface area contributed by atoms with Gasteiger partial charge in [-0.1, -0.05) is 36.4 Å². The number of aliphatic carboxylic acids is 1. The van der Waals surface area contributed by atoms with E-state index >= 15 is 0 Å². The molecule has 0 spiro atoms. The number of nitrogens with two attached hydrogens (primary N) is 2. The molecule has 0 saturated heterocycles. The van der Waals surface area contributed by atoms with Crippen LogP contribution < -0.4 is 11.5 Å². The second-order valence-corrected chi connectivity index (χ2v) is 6.02. The Labute approximate surface area is 162 Å². The monoisotopic (exact) mass is 382 g/mol. The summed E-state index contributed by atoms with van der Waals surface area (Å²) >= 11 is 0. The van der Waals surface area contributed by atoms with Crippen molar-refractivity contribution in [1.82, 2.24) is 4.90 Å². The highest BCUT2D eigenvalue weighted by molar-refractivity contribution is 6.12. The molecule has 0 aliphatic carbocycles. The van der Waals surface area contributed by atoms with Crippen molar-refractivity contribution in [2.75, 3.05) is 6.54 Å². The number of carboxylic acid groups (broad SMARTS) is 1. The summed E-state index contributed by atoms with van der Waals surface area (Å²) in [4.78, 5) is 42.6. The lowest BCUT2D eigenvalue weighted by Gasteiger charge is -2.27. The van der Waals surface area contributed by atoms with Gasteiger partial charge in [0.25, 0.3) is 11.8 Å². The van der Waals surface area contributed by atoms with E-state index in [1.807, 2.05) is 0 Å². The average molecular weight is 382 g/mol. The molecule has 0 bridgehead atoms. The van der Waals surface area contributed by atoms with E-state index in [1.165, 1.54) is 24.3 Å². The molecule has 0 aliphatic rings. The molecule has 1 atom stereocenters. The quantitative estimate of drug-likeness (QED) is 0.273. The fraction of sp³-hybridized carbons (Fsp3) is 0.200. The minimum Gasteiger partial charge on any atom is -0.480 e. The molecule has 5 N–H and O–H groups in total. The first-order valence-corrected chi connectivity index (χ1v) is 8.68. The number of rotatable bonds is 8. The standard InChI is InChI=1S/C20H22N4O4/c21-20(22)23-13-7-12-16(19(27)28)24(17(25)14-8-3-1-4-9-14)18(26)15-10-5-2-6-11-15/h1-6,8-11,16H,7,12-13H2,(H,27,28)(H4,21,22,23)/t16-/m0/s1. The van der Waals surface area contributed by atoms with Gasteiger partial charge in [-0.3, -0.25) is 19.5 Å². The van der Waals surface area contributed by atoms with Gasteiger partial charge in [0.05, 0.1) is 0 Å². The van der Waals surface area contributed by atoms with Crippen LogP contribution in [-0.2, 0) is 4.79 Å². The highest BCUT2D eigenvalue weighted by Gasteiger charge is 2.35. The zero-order chi connectivity index (χ0) is 20.5. The third-order valence-electron chi connectivity index (χ3n) is 4.01. The van der Waals surface area contributed by atoms with Gasteiger partial charge in [-0.15, -0.1) is 0 Å². The van der Waals surface area contributed by atoms with Gasteiger partial charge in [-0.25, -0.2) is 4.79 Å². The van der Waals surface area contributed by atoms with Crippen LogP contribution in [0.4, 0.5) is 0 Å². The Kier molecular flexibility index (Phi) is 7.27. The lowest BCUT2D eigenvalue weighted by atomic mass is 10.1. The van der Waals surface area contributed by atoms with Crippen molar-refractivity contribution in [3.63, 3.8) is 0 Å². The van der Waals surface area contributed by atoms with Crippen molar-refractivity contribution >= 4 is 23.7 Å². The second kappa shape index (κ2) is 9.86. The normalized spacial score (nSPS) is 11.3. The van der Waals surface area contributed by atoms with Gasteiger partial charge in [0, 0.05) is 17.7 Å². The van der Waals surface area contributed by atoms with Gasteiger partial charge >= 0.3 is 5.97 Å². The molecule has 0 fully saturated rings. The molecule has 146 valence electrons. The molecule has 0 aromatic heterocycles. The molecule has 8 nitrogen and oxygen atoms in total. The van der Waals surface area contributed by atoms with Crippen LogP contribution in [0.25, 0.3) is 0 Å². The van der Waals surface area contributed by atoms with Gasteiger partial charge in [-0.05, 0) is 37.1 Å². The number of benzene rings is 2. The molecule has 28 heavy (non-hydrogen) atoms. The van der Waals surface area contributed by atoms with E-state index < -0.39 is 23.8 Å². The minimum atomic E-state index is -1.35. The maximum atomic E-state index is 13.0. The number of imide groups is 1. The molecular formula is C20H22N4O4. The van der Waals surface area contributed by atoms with Crippen LogP contribution in [0.5, 0.6) is 0 Å². The van der Waals surface area contributed by atoms with Crippen LogP contribution in [0.1, 0.15) is 33.6 Å². The molecule has 0 saturated carbocycles. The molecule has 0 heterocycles. The highest BCUT2D eigenvalue weighted by atomic mass is 16.4. The van der Waals surface area contributed by atoms with Crippen molar-refractivity contribution in [3.8, 4) is 0 Å². The third-order valence-corrected chi connectivity index (χ3v) is 4.01. The lowest BCUT2D eigenvalue weighted by Crippen LogP contribution is -2.48. The van der Waals surface area contributed by atoms with Crippen molar-refractivity contribution in [2.24, 2.45) is 16.5 Å². The largest absolute Gasteiger partial charge is 0.480 e. The van der Waals surface area contributed by atoms with Gasteiger partial charge in [0.2, 0.25) is 0 Å². The first kappa shape index (κ1) is 20.6. The number of amides is 2. The van der Waals surface area contributed by atoms with Crippen LogP contribution >= 0.6 is 0 Å². The predicted molar refractivity (Wildman–Crippen MR) is 105 cm³/mol. The Morgan fingerprint density at radius 1 is 0.893 bits per heavy atom. The third kappa shape index (κ3) is 5.41. The van der Waals surface area contributed by atoms with Crippen LogP contribution in [0, 0.1) is 0 Å². The van der Waals surface area contributed by atoms with Crippen LogP contribution in [0.3, 0.4) is 0 Å². The molecule has 2 amide bonds. The smallest absolute Gasteiger partial charge is 0.326 e. The summed E-state index contributed by atoms with van der Waals surface area (Å²) in [6.45, 7) is 0.193. The van der Waals surface area contributed by atoms with E-state index in [0.717, 1.165) is 4.90 Å². The Morgan fingerprint density at radius 2 is 1.36 bits per heavy atom. The first-order chi connectivity index (χ1) is 13.4. The van der Waals surface area contributed by atoms with Crippen LogP contribution in [0.15, 0.2) is 65.7 Å². The predicted octanol–water partition coefficient (Wildman–Crippen LogP) is 1.48. The summed E-state index contributed by atoms with van der Waals surface area (Å²) in [5, 5.41) is 9.71. The zero-order valence-corrected chi connectivity index (χ0v) is 15.2. The maximum absolute atomic E-state index is 13.0. The van der Waals surface area contributed by atoms with E-state index in [4.69, 9.17) is 11.5 Å². The van der Waals surface area contributed by atoms with Crippen LogP contribution in [-0.4, -0.2) is 46.3 Å². The Morgan fingerprint density at radius 3 is 1.75 bits per heavy atom. The minimum absolute atomic E-state index is 0.0171. The summed E-state index contributed by atoms with van der Waals surface area (Å²) in [5.74, 6) is -2.74. The van der Waals surface area contributed by atoms with Crippen molar-refractivity contribution in [1.29, 1.82) is 0 Å².